The van der Waals surface area contributed by atoms with Crippen molar-refractivity contribution in [3.63, 3.8) is 0 Å². The quantitative estimate of drug-likeness (QED) is 0.881. The summed E-state index contributed by atoms with van der Waals surface area (Å²) in [6, 6.07) is 6.70. The number of carbonyl (C=O) groups is 1. The fraction of sp³-hybridized carbons (Fsp3) is 0.312. The number of carboxylic acid groups (broad SMARTS) is 1. The Morgan fingerprint density at radius 1 is 1.24 bits per heavy atom. The third-order valence-electron chi connectivity index (χ3n) is 3.32. The highest BCUT2D eigenvalue weighted by Gasteiger charge is 2.10. The lowest BCUT2D eigenvalue weighted by Crippen LogP contribution is -2.07. The standard InChI is InChI=1S/C16H19N3O2/c1-4-13-10(3)15(19-14(5-2)18-13)17-12-8-6-7-11(9-12)16(20)21/h6-9H,4-5H2,1-3H3,(H,20,21)(H,17,18,19). The van der Waals surface area contributed by atoms with Crippen LogP contribution in [0.1, 0.15) is 41.3 Å². The van der Waals surface area contributed by atoms with Gasteiger partial charge in [0.05, 0.1) is 5.56 Å². The second-order valence-corrected chi connectivity index (χ2v) is 4.78. The maximum Gasteiger partial charge on any atom is 0.335 e. The van der Waals surface area contributed by atoms with Crippen molar-refractivity contribution in [2.45, 2.75) is 33.6 Å². The monoisotopic (exact) mass is 285 g/mol. The van der Waals surface area contributed by atoms with Gasteiger partial charge in [-0.3, -0.25) is 0 Å². The SMILES string of the molecule is CCc1nc(CC)c(C)c(Nc2cccc(C(=O)O)c2)n1. The van der Waals surface area contributed by atoms with E-state index in [9.17, 15) is 4.79 Å². The fourth-order valence-corrected chi connectivity index (χ4v) is 2.10. The molecule has 0 aliphatic heterocycles. The molecule has 0 aliphatic rings. The van der Waals surface area contributed by atoms with E-state index in [1.54, 1.807) is 18.2 Å². The van der Waals surface area contributed by atoms with Crippen LogP contribution in [-0.2, 0) is 12.8 Å². The molecule has 5 nitrogen and oxygen atoms in total. The number of anilines is 2. The summed E-state index contributed by atoms with van der Waals surface area (Å²) in [4.78, 5) is 20.0. The number of rotatable bonds is 5. The second-order valence-electron chi connectivity index (χ2n) is 4.78. The van der Waals surface area contributed by atoms with E-state index in [-0.39, 0.29) is 5.56 Å². The summed E-state index contributed by atoms with van der Waals surface area (Å²) in [5.41, 5.74) is 2.97. The molecule has 0 atom stereocenters. The number of hydrogen-bond donors (Lipinski definition) is 2. The summed E-state index contributed by atoms with van der Waals surface area (Å²) in [7, 11) is 0. The molecule has 0 amide bonds. The molecule has 5 heteroatoms. The Balaban J connectivity index is 2.39. The molecule has 2 aromatic rings. The first-order chi connectivity index (χ1) is 10.0. The van der Waals surface area contributed by atoms with Gasteiger partial charge in [0.25, 0.3) is 0 Å². The number of nitrogens with one attached hydrogen (secondary N) is 1. The van der Waals surface area contributed by atoms with Crippen LogP contribution in [0.4, 0.5) is 11.5 Å². The van der Waals surface area contributed by atoms with E-state index in [4.69, 9.17) is 5.11 Å². The number of nitrogens with zero attached hydrogens (tertiary/aromatic N) is 2. The highest BCUT2D eigenvalue weighted by molar-refractivity contribution is 5.89. The lowest BCUT2D eigenvalue weighted by Gasteiger charge is -2.13. The van der Waals surface area contributed by atoms with Gasteiger partial charge >= 0.3 is 5.97 Å². The number of aromatic nitrogens is 2. The Labute approximate surface area is 124 Å². The predicted molar refractivity (Wildman–Crippen MR) is 82.2 cm³/mol. The van der Waals surface area contributed by atoms with Gasteiger partial charge in [-0.25, -0.2) is 14.8 Å². The molecule has 1 aromatic carbocycles. The Kier molecular flexibility index (Phi) is 4.52. The zero-order valence-electron chi connectivity index (χ0n) is 12.5. The van der Waals surface area contributed by atoms with E-state index < -0.39 is 5.97 Å². The van der Waals surface area contributed by atoms with Gasteiger partial charge in [0.2, 0.25) is 0 Å². The van der Waals surface area contributed by atoms with Crippen LogP contribution in [0.15, 0.2) is 24.3 Å². The number of benzene rings is 1. The van der Waals surface area contributed by atoms with Gasteiger partial charge in [0.15, 0.2) is 0 Å². The van der Waals surface area contributed by atoms with Crippen LogP contribution in [0.3, 0.4) is 0 Å². The zero-order valence-corrected chi connectivity index (χ0v) is 12.5. The minimum atomic E-state index is -0.943. The van der Waals surface area contributed by atoms with Gasteiger partial charge in [-0.2, -0.15) is 0 Å². The van der Waals surface area contributed by atoms with E-state index in [1.165, 1.54) is 0 Å². The Hall–Kier alpha value is -2.43. The van der Waals surface area contributed by atoms with Crippen LogP contribution in [-0.4, -0.2) is 21.0 Å². The number of hydrogen-bond acceptors (Lipinski definition) is 4. The fourth-order valence-electron chi connectivity index (χ4n) is 2.10. The molecule has 0 saturated heterocycles. The predicted octanol–water partition coefficient (Wildman–Crippen LogP) is 3.35. The van der Waals surface area contributed by atoms with Crippen LogP contribution >= 0.6 is 0 Å². The summed E-state index contributed by atoms with van der Waals surface area (Å²) < 4.78 is 0. The summed E-state index contributed by atoms with van der Waals surface area (Å²) in [5.74, 6) is 0.581. The lowest BCUT2D eigenvalue weighted by atomic mass is 10.1. The molecule has 1 aromatic heterocycles. The summed E-state index contributed by atoms with van der Waals surface area (Å²) in [6.45, 7) is 6.05. The Bertz CT molecular complexity index is 669. The van der Waals surface area contributed by atoms with Crippen molar-refractivity contribution in [3.05, 3.63) is 46.9 Å². The van der Waals surface area contributed by atoms with Crippen molar-refractivity contribution < 1.29 is 9.90 Å². The summed E-state index contributed by atoms with van der Waals surface area (Å²) in [5, 5.41) is 12.2. The van der Waals surface area contributed by atoms with Crippen LogP contribution in [0.5, 0.6) is 0 Å². The van der Waals surface area contributed by atoms with Crippen molar-refractivity contribution in [2.75, 3.05) is 5.32 Å². The van der Waals surface area contributed by atoms with E-state index in [0.29, 0.717) is 5.69 Å². The van der Waals surface area contributed by atoms with Gasteiger partial charge in [-0.1, -0.05) is 19.9 Å². The normalized spacial score (nSPS) is 10.4. The van der Waals surface area contributed by atoms with E-state index in [1.807, 2.05) is 19.9 Å². The van der Waals surface area contributed by atoms with Gasteiger partial charge in [0, 0.05) is 23.4 Å². The highest BCUT2D eigenvalue weighted by atomic mass is 16.4. The summed E-state index contributed by atoms with van der Waals surface area (Å²) in [6.07, 6.45) is 1.60. The molecule has 2 rings (SSSR count). The minimum absolute atomic E-state index is 0.248. The highest BCUT2D eigenvalue weighted by Crippen LogP contribution is 2.22. The topological polar surface area (TPSA) is 75.1 Å². The third-order valence-corrected chi connectivity index (χ3v) is 3.32. The van der Waals surface area contributed by atoms with E-state index >= 15 is 0 Å². The van der Waals surface area contributed by atoms with Gasteiger partial charge < -0.3 is 10.4 Å². The van der Waals surface area contributed by atoms with Crippen LogP contribution < -0.4 is 5.32 Å². The van der Waals surface area contributed by atoms with Crippen LogP contribution in [0, 0.1) is 6.92 Å². The summed E-state index contributed by atoms with van der Waals surface area (Å²) >= 11 is 0. The van der Waals surface area contributed by atoms with Crippen molar-refractivity contribution in [1.82, 2.24) is 9.97 Å². The van der Waals surface area contributed by atoms with E-state index in [2.05, 4.69) is 22.2 Å². The van der Waals surface area contributed by atoms with E-state index in [0.717, 1.165) is 35.7 Å². The lowest BCUT2D eigenvalue weighted by molar-refractivity contribution is 0.0697. The molecule has 2 N–H and O–H groups in total. The number of aryl methyl sites for hydroxylation is 2. The molecule has 0 fully saturated rings. The molecule has 0 spiro atoms. The molecule has 0 unspecified atom stereocenters. The number of aromatic carboxylic acids is 1. The molecule has 0 saturated carbocycles. The van der Waals surface area contributed by atoms with Crippen molar-refractivity contribution >= 4 is 17.5 Å². The molecule has 21 heavy (non-hydrogen) atoms. The van der Waals surface area contributed by atoms with Crippen molar-refractivity contribution in [1.29, 1.82) is 0 Å². The van der Waals surface area contributed by atoms with Gasteiger partial charge in [-0.05, 0) is 31.5 Å². The minimum Gasteiger partial charge on any atom is -0.478 e. The smallest absolute Gasteiger partial charge is 0.335 e. The Morgan fingerprint density at radius 3 is 2.62 bits per heavy atom. The molecular formula is C16H19N3O2. The van der Waals surface area contributed by atoms with Crippen molar-refractivity contribution in [2.24, 2.45) is 0 Å². The van der Waals surface area contributed by atoms with Gasteiger partial charge in [-0.15, -0.1) is 0 Å². The Morgan fingerprint density at radius 2 is 2.00 bits per heavy atom. The molecular weight excluding hydrogens is 266 g/mol. The molecule has 0 bridgehead atoms. The molecule has 110 valence electrons. The maximum absolute atomic E-state index is 11.0. The van der Waals surface area contributed by atoms with Crippen LogP contribution in [0.2, 0.25) is 0 Å². The molecule has 1 heterocycles. The zero-order chi connectivity index (χ0) is 15.4. The van der Waals surface area contributed by atoms with Crippen molar-refractivity contribution in [3.8, 4) is 0 Å². The molecule has 0 aliphatic carbocycles. The third kappa shape index (κ3) is 3.37. The largest absolute Gasteiger partial charge is 0.478 e. The maximum atomic E-state index is 11.0. The average molecular weight is 285 g/mol. The number of carboxylic acids is 1. The molecule has 0 radical (unpaired) electrons. The first-order valence-electron chi connectivity index (χ1n) is 7.01. The first-order valence-corrected chi connectivity index (χ1v) is 7.01. The van der Waals surface area contributed by atoms with Gasteiger partial charge in [0.1, 0.15) is 11.6 Å². The van der Waals surface area contributed by atoms with Crippen LogP contribution in [0.25, 0.3) is 0 Å². The average Bonchev–Trinajstić information content (AvgIpc) is 2.49. The second kappa shape index (κ2) is 6.35. The first kappa shape index (κ1) is 15.0.